The van der Waals surface area contributed by atoms with Crippen molar-refractivity contribution in [1.29, 1.82) is 0 Å². The highest BCUT2D eigenvalue weighted by Gasteiger charge is 2.44. The number of hydrogen-bond acceptors (Lipinski definition) is 6. The van der Waals surface area contributed by atoms with Gasteiger partial charge in [0.05, 0.1) is 11.6 Å². The first-order valence-corrected chi connectivity index (χ1v) is 11.4. The fourth-order valence-electron chi connectivity index (χ4n) is 3.30. The zero-order chi connectivity index (χ0) is 23.2. The molecule has 0 atom stereocenters. The summed E-state index contributed by atoms with van der Waals surface area (Å²) in [5.41, 5.74) is 0.434. The number of para-hydroxylation sites is 3. The van der Waals surface area contributed by atoms with E-state index in [-0.39, 0.29) is 45.9 Å². The highest BCUT2D eigenvalue weighted by molar-refractivity contribution is 7.90. The summed E-state index contributed by atoms with van der Waals surface area (Å²) in [6, 6.07) is 15.6. The lowest BCUT2D eigenvalue weighted by Crippen LogP contribution is -2.40. The van der Waals surface area contributed by atoms with Crippen molar-refractivity contribution in [3.8, 4) is 23.0 Å². The molecule has 33 heavy (non-hydrogen) atoms. The third kappa shape index (κ3) is 4.12. The van der Waals surface area contributed by atoms with Gasteiger partial charge in [-0.1, -0.05) is 41.9 Å². The second-order valence-corrected chi connectivity index (χ2v) is 9.03. The molecule has 8 nitrogen and oxygen atoms in total. The Morgan fingerprint density at radius 1 is 1.00 bits per heavy atom. The van der Waals surface area contributed by atoms with Crippen LogP contribution in [0.5, 0.6) is 23.0 Å². The Hall–Kier alpha value is -3.57. The van der Waals surface area contributed by atoms with Gasteiger partial charge in [0.1, 0.15) is 16.3 Å². The molecule has 3 aromatic rings. The quantitative estimate of drug-likeness (QED) is 0.546. The fraction of sp³-hybridized carbons (Fsp3) is 0.0952. The molecule has 0 unspecified atom stereocenters. The molecule has 170 valence electrons. The molecule has 0 bridgehead atoms. The molecule has 0 saturated carbocycles. The number of sulfonamides is 1. The summed E-state index contributed by atoms with van der Waals surface area (Å²) < 4.78 is 69.5. The minimum atomic E-state index is -3.98. The maximum Gasteiger partial charge on any atom is 0.586 e. The zero-order valence-electron chi connectivity index (χ0n) is 16.5. The largest absolute Gasteiger partial charge is 0.586 e. The maximum atomic E-state index is 13.4. The minimum Gasteiger partial charge on any atom is -0.454 e. The lowest BCUT2D eigenvalue weighted by Gasteiger charge is -2.23. The first-order valence-electron chi connectivity index (χ1n) is 9.49. The van der Waals surface area contributed by atoms with Gasteiger partial charge in [0.2, 0.25) is 5.96 Å². The van der Waals surface area contributed by atoms with Gasteiger partial charge in [-0.2, -0.15) is 0 Å². The third-order valence-corrected chi connectivity index (χ3v) is 6.42. The summed E-state index contributed by atoms with van der Waals surface area (Å²) in [7, 11) is -3.98. The van der Waals surface area contributed by atoms with Gasteiger partial charge in [0, 0.05) is 5.56 Å². The van der Waals surface area contributed by atoms with Gasteiger partial charge < -0.3 is 19.5 Å². The molecule has 0 amide bonds. The Kier molecular flexibility index (Phi) is 5.02. The molecule has 0 saturated heterocycles. The van der Waals surface area contributed by atoms with E-state index in [1.807, 2.05) is 0 Å². The molecule has 2 N–H and O–H groups in total. The van der Waals surface area contributed by atoms with E-state index in [0.717, 1.165) is 0 Å². The first-order chi connectivity index (χ1) is 15.7. The lowest BCUT2D eigenvalue weighted by molar-refractivity contribution is -0.286. The van der Waals surface area contributed by atoms with E-state index in [2.05, 4.69) is 24.5 Å². The van der Waals surface area contributed by atoms with Crippen molar-refractivity contribution >= 4 is 33.3 Å². The first kappa shape index (κ1) is 21.3. The van der Waals surface area contributed by atoms with Gasteiger partial charge in [-0.3, -0.25) is 0 Å². The topological polar surface area (TPSA) is 98.3 Å². The van der Waals surface area contributed by atoms with E-state index in [1.54, 1.807) is 30.3 Å². The Bertz CT molecular complexity index is 1400. The van der Waals surface area contributed by atoms with E-state index in [0.29, 0.717) is 10.8 Å². The van der Waals surface area contributed by atoms with Crippen LogP contribution in [-0.2, 0) is 16.6 Å². The predicted octanol–water partition coefficient (Wildman–Crippen LogP) is 4.71. The lowest BCUT2D eigenvalue weighted by atomic mass is 10.2. The molecule has 0 radical (unpaired) electrons. The van der Waals surface area contributed by atoms with Crippen molar-refractivity contribution in [2.24, 2.45) is 4.99 Å². The van der Waals surface area contributed by atoms with Crippen LogP contribution in [0, 0.1) is 0 Å². The molecule has 0 aromatic heterocycles. The Labute approximate surface area is 191 Å². The number of fused-ring (bicyclic) bond motifs is 2. The van der Waals surface area contributed by atoms with Crippen LogP contribution in [0.2, 0.25) is 5.02 Å². The predicted molar refractivity (Wildman–Crippen MR) is 116 cm³/mol. The van der Waals surface area contributed by atoms with Crippen LogP contribution in [0.3, 0.4) is 0 Å². The number of aliphatic imine (C=N–C) groups is 1. The van der Waals surface area contributed by atoms with Gasteiger partial charge in [0.25, 0.3) is 10.0 Å². The number of guanidine groups is 1. The molecule has 12 heteroatoms. The smallest absolute Gasteiger partial charge is 0.454 e. The second-order valence-electron chi connectivity index (χ2n) is 6.97. The van der Waals surface area contributed by atoms with E-state index in [1.165, 1.54) is 30.3 Å². The van der Waals surface area contributed by atoms with Crippen molar-refractivity contribution in [3.05, 3.63) is 71.2 Å². The number of alkyl halides is 2. The van der Waals surface area contributed by atoms with E-state index in [9.17, 15) is 17.2 Å². The fourth-order valence-corrected chi connectivity index (χ4v) is 4.63. The Morgan fingerprint density at radius 3 is 2.58 bits per heavy atom. The summed E-state index contributed by atoms with van der Waals surface area (Å²) in [5, 5.41) is 3.23. The van der Waals surface area contributed by atoms with Crippen LogP contribution in [0.4, 0.5) is 14.5 Å². The standard InChI is InChI=1S/C21H14ClF2N3O5S/c22-13-6-1-2-7-14(13)30-15-8-4-10-17-18(15)26-20(27-33(17,28)29)25-11-12-5-3-9-16-19(12)32-21(23,24)31-16/h1-10H,11H2,(H2,25,26,27). The number of hydrogen-bond donors (Lipinski definition) is 2. The van der Waals surface area contributed by atoms with Gasteiger partial charge in [0.15, 0.2) is 17.2 Å². The molecule has 0 aliphatic carbocycles. The Balaban J connectivity index is 1.46. The number of benzene rings is 3. The summed E-state index contributed by atoms with van der Waals surface area (Å²) in [6.45, 7) is -0.170. The van der Waals surface area contributed by atoms with Crippen LogP contribution in [0.15, 0.2) is 70.6 Å². The maximum absolute atomic E-state index is 13.4. The minimum absolute atomic E-state index is 0.0528. The van der Waals surface area contributed by atoms with Crippen LogP contribution >= 0.6 is 11.6 Å². The average molecular weight is 494 g/mol. The van der Waals surface area contributed by atoms with Crippen molar-refractivity contribution in [2.75, 3.05) is 5.32 Å². The van der Waals surface area contributed by atoms with Crippen molar-refractivity contribution in [3.63, 3.8) is 0 Å². The second kappa shape index (κ2) is 7.78. The SMILES string of the molecule is O=S1(=O)NC(=NCc2cccc3c2OC(F)(F)O3)Nc2c(Oc3ccccc3Cl)cccc21. The highest BCUT2D eigenvalue weighted by Crippen LogP contribution is 2.43. The van der Waals surface area contributed by atoms with Crippen molar-refractivity contribution in [2.45, 2.75) is 17.7 Å². The van der Waals surface area contributed by atoms with Crippen LogP contribution in [0.25, 0.3) is 0 Å². The molecular weight excluding hydrogens is 480 g/mol. The molecule has 3 aromatic carbocycles. The number of rotatable bonds is 4. The number of anilines is 1. The van der Waals surface area contributed by atoms with E-state index < -0.39 is 16.3 Å². The van der Waals surface area contributed by atoms with E-state index in [4.69, 9.17) is 16.3 Å². The Morgan fingerprint density at radius 2 is 1.76 bits per heavy atom. The summed E-state index contributed by atoms with van der Waals surface area (Å²) in [6.07, 6.45) is -3.78. The van der Waals surface area contributed by atoms with Crippen LogP contribution in [-0.4, -0.2) is 20.7 Å². The highest BCUT2D eigenvalue weighted by atomic mass is 35.5. The molecule has 0 spiro atoms. The van der Waals surface area contributed by atoms with Crippen molar-refractivity contribution in [1.82, 2.24) is 4.72 Å². The average Bonchev–Trinajstić information content (AvgIpc) is 3.08. The monoisotopic (exact) mass is 493 g/mol. The van der Waals surface area contributed by atoms with Crippen molar-refractivity contribution < 1.29 is 31.4 Å². The summed E-state index contributed by atoms with van der Waals surface area (Å²) in [4.78, 5) is 4.14. The summed E-state index contributed by atoms with van der Waals surface area (Å²) >= 11 is 6.15. The van der Waals surface area contributed by atoms with Gasteiger partial charge in [-0.15, -0.1) is 8.78 Å². The number of nitrogens with zero attached hydrogens (tertiary/aromatic N) is 1. The van der Waals surface area contributed by atoms with Gasteiger partial charge >= 0.3 is 6.29 Å². The van der Waals surface area contributed by atoms with Crippen LogP contribution in [0.1, 0.15) is 5.56 Å². The van der Waals surface area contributed by atoms with Gasteiger partial charge in [-0.05, 0) is 30.3 Å². The van der Waals surface area contributed by atoms with E-state index >= 15 is 0 Å². The number of ether oxygens (including phenoxy) is 3. The molecule has 2 heterocycles. The summed E-state index contributed by atoms with van der Waals surface area (Å²) in [5.74, 6) is 0.127. The normalized spacial score (nSPS) is 18.2. The molecule has 2 aliphatic heterocycles. The molecule has 5 rings (SSSR count). The van der Waals surface area contributed by atoms with Gasteiger partial charge in [-0.25, -0.2) is 18.1 Å². The molecule has 0 fully saturated rings. The zero-order valence-corrected chi connectivity index (χ0v) is 18.1. The molecular formula is C21H14ClF2N3O5S. The van der Waals surface area contributed by atoms with Crippen LogP contribution < -0.4 is 24.2 Å². The number of halogens is 3. The number of nitrogens with one attached hydrogen (secondary N) is 2. The third-order valence-electron chi connectivity index (χ3n) is 4.73. The molecule has 2 aliphatic rings.